The van der Waals surface area contributed by atoms with Gasteiger partial charge in [-0.2, -0.15) is 0 Å². The zero-order valence-corrected chi connectivity index (χ0v) is 9.56. The lowest BCUT2D eigenvalue weighted by Gasteiger charge is -2.28. The maximum atomic E-state index is 11.5. The van der Waals surface area contributed by atoms with Crippen molar-refractivity contribution in [2.45, 2.75) is 18.3 Å². The number of nitrogens with zero attached hydrogens (tertiary/aromatic N) is 3. The van der Waals surface area contributed by atoms with E-state index in [2.05, 4.69) is 15.3 Å². The van der Waals surface area contributed by atoms with Crippen molar-refractivity contribution >= 4 is 18.2 Å². The van der Waals surface area contributed by atoms with Gasteiger partial charge < -0.3 is 25.6 Å². The van der Waals surface area contributed by atoms with Crippen molar-refractivity contribution in [3.8, 4) is 0 Å². The molecule has 0 bridgehead atoms. The first-order valence-electron chi connectivity index (χ1n) is 5.42. The monoisotopic (exact) mass is 257 g/mol. The van der Waals surface area contributed by atoms with Gasteiger partial charge in [-0.05, 0) is 0 Å². The van der Waals surface area contributed by atoms with Gasteiger partial charge in [0, 0.05) is 0 Å². The fourth-order valence-electron chi connectivity index (χ4n) is 1.67. The lowest BCUT2D eigenvalue weighted by molar-refractivity contribution is -0.122. The number of ether oxygens (including phenoxy) is 1. The molecule has 0 aromatic rings. The number of carbonyl (C=O) groups is 1. The zero-order valence-electron chi connectivity index (χ0n) is 9.56. The Morgan fingerprint density at radius 3 is 2.94 bits per heavy atom. The summed E-state index contributed by atoms with van der Waals surface area (Å²) in [4.78, 5) is 21.2. The fourth-order valence-corrected chi connectivity index (χ4v) is 1.67. The minimum atomic E-state index is -0.670. The van der Waals surface area contributed by atoms with Gasteiger partial charge in [-0.1, -0.05) is 0 Å². The molecule has 2 aliphatic rings. The number of carbonyl (C=O) groups excluding carboxylic acids is 1. The van der Waals surface area contributed by atoms with Crippen LogP contribution in [0.1, 0.15) is 0 Å². The Labute approximate surface area is 103 Å². The second-order valence-electron chi connectivity index (χ2n) is 3.92. The molecule has 0 aliphatic carbocycles. The molecule has 100 valence electrons. The van der Waals surface area contributed by atoms with E-state index in [-0.39, 0.29) is 31.8 Å². The number of aliphatic imine (C=N–C) groups is 2. The zero-order chi connectivity index (χ0) is 13.1. The van der Waals surface area contributed by atoms with Crippen molar-refractivity contribution in [1.29, 1.82) is 0 Å². The maximum absolute atomic E-state index is 11.5. The molecule has 0 saturated heterocycles. The van der Waals surface area contributed by atoms with Crippen molar-refractivity contribution in [2.24, 2.45) is 15.7 Å². The van der Waals surface area contributed by atoms with Gasteiger partial charge in [0.05, 0.1) is 19.6 Å². The predicted molar refractivity (Wildman–Crippen MR) is 61.6 cm³/mol. The highest BCUT2D eigenvalue weighted by Gasteiger charge is 2.39. The third kappa shape index (κ3) is 2.42. The standard InChI is InChI=1S/C9H15N5O4/c10-9-12-7-6(8(17)13-9)11-3-14(7)4-18-5(1-15)2-16/h3,5-7,15-16H,1-2,4H2,(H3,10,12,13,17)/t6-,7+/m0/s1. The van der Waals surface area contributed by atoms with E-state index in [1.807, 2.05) is 0 Å². The van der Waals surface area contributed by atoms with Crippen LogP contribution < -0.4 is 11.1 Å². The summed E-state index contributed by atoms with van der Waals surface area (Å²) in [7, 11) is 0. The average molecular weight is 257 g/mol. The Morgan fingerprint density at radius 2 is 2.28 bits per heavy atom. The molecule has 0 aromatic heterocycles. The fraction of sp³-hybridized carbons (Fsp3) is 0.667. The van der Waals surface area contributed by atoms with Crippen molar-refractivity contribution in [3.63, 3.8) is 0 Å². The van der Waals surface area contributed by atoms with E-state index in [0.717, 1.165) is 0 Å². The number of fused-ring (bicyclic) bond motifs is 1. The summed E-state index contributed by atoms with van der Waals surface area (Å²) in [6, 6.07) is -0.636. The predicted octanol–water partition coefficient (Wildman–Crippen LogP) is -3.20. The highest BCUT2D eigenvalue weighted by atomic mass is 16.5. The molecule has 2 heterocycles. The summed E-state index contributed by atoms with van der Waals surface area (Å²) in [6.45, 7) is -0.524. The minimum absolute atomic E-state index is 0.0395. The van der Waals surface area contributed by atoms with Crippen molar-refractivity contribution in [3.05, 3.63) is 0 Å². The van der Waals surface area contributed by atoms with Gasteiger partial charge in [0.15, 0.2) is 18.2 Å². The Balaban J connectivity index is 1.97. The summed E-state index contributed by atoms with van der Waals surface area (Å²) >= 11 is 0. The molecule has 0 saturated carbocycles. The second kappa shape index (κ2) is 5.29. The van der Waals surface area contributed by atoms with Crippen LogP contribution in [0.15, 0.2) is 9.98 Å². The SMILES string of the molecule is NC1=N[C@H]2[C@H](N=CN2COC(CO)CO)C(=O)N1. The Kier molecular flexibility index (Phi) is 3.75. The maximum Gasteiger partial charge on any atom is 0.255 e. The summed E-state index contributed by atoms with van der Waals surface area (Å²) in [6.07, 6.45) is 0.246. The number of amides is 1. The molecule has 9 nitrogen and oxygen atoms in total. The molecule has 18 heavy (non-hydrogen) atoms. The third-order valence-corrected chi connectivity index (χ3v) is 2.66. The third-order valence-electron chi connectivity index (χ3n) is 2.66. The molecule has 0 aromatic carbocycles. The van der Waals surface area contributed by atoms with Gasteiger partial charge in [0.2, 0.25) is 0 Å². The molecule has 2 aliphatic heterocycles. The van der Waals surface area contributed by atoms with Crippen LogP contribution in [-0.4, -0.2) is 71.6 Å². The highest BCUT2D eigenvalue weighted by Crippen LogP contribution is 2.17. The number of rotatable bonds is 5. The van der Waals surface area contributed by atoms with Crippen LogP contribution in [0.4, 0.5) is 0 Å². The molecular weight excluding hydrogens is 242 g/mol. The number of hydrogen-bond acceptors (Lipinski definition) is 8. The van der Waals surface area contributed by atoms with Gasteiger partial charge in [-0.3, -0.25) is 15.1 Å². The van der Waals surface area contributed by atoms with Gasteiger partial charge >= 0.3 is 0 Å². The molecule has 9 heteroatoms. The van der Waals surface area contributed by atoms with E-state index >= 15 is 0 Å². The van der Waals surface area contributed by atoms with Crippen LogP contribution >= 0.6 is 0 Å². The molecule has 2 rings (SSSR count). The smallest absolute Gasteiger partial charge is 0.255 e. The average Bonchev–Trinajstić information content (AvgIpc) is 2.74. The molecule has 0 fully saturated rings. The van der Waals surface area contributed by atoms with Gasteiger partial charge in [0.25, 0.3) is 5.91 Å². The largest absolute Gasteiger partial charge is 0.394 e. The van der Waals surface area contributed by atoms with Crippen molar-refractivity contribution < 1.29 is 19.7 Å². The van der Waals surface area contributed by atoms with Crippen molar-refractivity contribution in [1.82, 2.24) is 10.2 Å². The molecule has 0 spiro atoms. The number of guanidine groups is 1. The van der Waals surface area contributed by atoms with Gasteiger partial charge in [-0.15, -0.1) is 0 Å². The summed E-state index contributed by atoms with van der Waals surface area (Å²) in [5.41, 5.74) is 5.47. The molecule has 1 amide bonds. The Morgan fingerprint density at radius 1 is 1.56 bits per heavy atom. The molecule has 0 radical (unpaired) electrons. The molecule has 5 N–H and O–H groups in total. The molecular formula is C9H15N5O4. The van der Waals surface area contributed by atoms with Crippen LogP contribution in [0.5, 0.6) is 0 Å². The van der Waals surface area contributed by atoms with E-state index in [0.29, 0.717) is 0 Å². The normalized spacial score (nSPS) is 26.3. The Hall–Kier alpha value is -1.71. The first kappa shape index (κ1) is 12.7. The first-order valence-corrected chi connectivity index (χ1v) is 5.42. The van der Waals surface area contributed by atoms with Gasteiger partial charge in [0.1, 0.15) is 12.8 Å². The quantitative estimate of drug-likeness (QED) is 0.410. The number of aliphatic hydroxyl groups is 2. The van der Waals surface area contributed by atoms with E-state index in [4.69, 9.17) is 20.7 Å². The van der Waals surface area contributed by atoms with E-state index in [1.165, 1.54) is 6.34 Å². The summed E-state index contributed by atoms with van der Waals surface area (Å²) < 4.78 is 5.24. The lowest BCUT2D eigenvalue weighted by atomic mass is 10.2. The Bertz CT molecular complexity index is 381. The topological polar surface area (TPSA) is 133 Å². The second-order valence-corrected chi connectivity index (χ2v) is 3.92. The van der Waals surface area contributed by atoms with Gasteiger partial charge in [-0.25, -0.2) is 4.99 Å². The van der Waals surface area contributed by atoms with Crippen LogP contribution in [0.25, 0.3) is 0 Å². The van der Waals surface area contributed by atoms with Crippen molar-refractivity contribution in [2.75, 3.05) is 19.9 Å². The van der Waals surface area contributed by atoms with E-state index in [1.54, 1.807) is 4.90 Å². The number of hydrogen-bond donors (Lipinski definition) is 4. The molecule has 2 atom stereocenters. The lowest BCUT2D eigenvalue weighted by Crippen LogP contribution is -2.54. The summed E-state index contributed by atoms with van der Waals surface area (Å²) in [5, 5.41) is 20.1. The number of nitrogens with two attached hydrogens (primary N) is 1. The van der Waals surface area contributed by atoms with Crippen LogP contribution in [-0.2, 0) is 9.53 Å². The van der Waals surface area contributed by atoms with E-state index in [9.17, 15) is 4.79 Å². The minimum Gasteiger partial charge on any atom is -0.394 e. The van der Waals surface area contributed by atoms with Crippen LogP contribution in [0, 0.1) is 0 Å². The molecule has 0 unspecified atom stereocenters. The van der Waals surface area contributed by atoms with Crippen LogP contribution in [0.2, 0.25) is 0 Å². The number of nitrogens with one attached hydrogen (secondary N) is 1. The number of aliphatic hydroxyl groups excluding tert-OH is 2. The van der Waals surface area contributed by atoms with E-state index < -0.39 is 18.3 Å². The first-order chi connectivity index (χ1) is 8.65. The highest BCUT2D eigenvalue weighted by molar-refractivity contribution is 6.02. The van der Waals surface area contributed by atoms with Crippen LogP contribution in [0.3, 0.4) is 0 Å². The summed E-state index contributed by atoms with van der Waals surface area (Å²) in [5.74, 6) is -0.273.